The number of sulfonamides is 1. The predicted octanol–water partition coefficient (Wildman–Crippen LogP) is 3.92. The fourth-order valence-corrected chi connectivity index (χ4v) is 5.02. The van der Waals surface area contributed by atoms with Crippen molar-refractivity contribution in [2.75, 3.05) is 10.8 Å². The molecule has 1 amide bonds. The SMILES string of the molecule is Cc1ccc(S(=O)(=O)N2CC(C(=O)NCc3ccccc3Cl)Oc3ccccc32)cc1. The monoisotopic (exact) mass is 456 g/mol. The van der Waals surface area contributed by atoms with Crippen molar-refractivity contribution in [3.05, 3.63) is 88.9 Å². The molecule has 8 heteroatoms. The van der Waals surface area contributed by atoms with E-state index in [-0.39, 0.29) is 18.0 Å². The highest BCUT2D eigenvalue weighted by Crippen LogP contribution is 2.36. The van der Waals surface area contributed by atoms with Crippen LogP contribution in [0.15, 0.2) is 77.7 Å². The third-order valence-corrected chi connectivity index (χ3v) is 7.21. The molecule has 1 aliphatic rings. The number of halogens is 1. The summed E-state index contributed by atoms with van der Waals surface area (Å²) in [6.07, 6.45) is -1.00. The lowest BCUT2D eigenvalue weighted by Crippen LogP contribution is -2.50. The topological polar surface area (TPSA) is 75.7 Å². The van der Waals surface area contributed by atoms with E-state index in [1.807, 2.05) is 25.1 Å². The van der Waals surface area contributed by atoms with E-state index >= 15 is 0 Å². The zero-order valence-corrected chi connectivity index (χ0v) is 18.4. The summed E-state index contributed by atoms with van der Waals surface area (Å²) in [5.74, 6) is -0.0825. The Bertz CT molecular complexity index is 1210. The lowest BCUT2D eigenvalue weighted by molar-refractivity contribution is -0.127. The van der Waals surface area contributed by atoms with Gasteiger partial charge >= 0.3 is 0 Å². The number of amides is 1. The van der Waals surface area contributed by atoms with Crippen LogP contribution >= 0.6 is 11.6 Å². The molecule has 0 aromatic heterocycles. The quantitative estimate of drug-likeness (QED) is 0.631. The fourth-order valence-electron chi connectivity index (χ4n) is 3.34. The van der Waals surface area contributed by atoms with Gasteiger partial charge in [-0.15, -0.1) is 0 Å². The Morgan fingerprint density at radius 1 is 1.06 bits per heavy atom. The number of carbonyl (C=O) groups excluding carboxylic acids is 1. The number of benzene rings is 3. The summed E-state index contributed by atoms with van der Waals surface area (Å²) in [4.78, 5) is 13.0. The molecule has 0 saturated carbocycles. The van der Waals surface area contributed by atoms with Crippen molar-refractivity contribution in [3.8, 4) is 5.75 Å². The van der Waals surface area contributed by atoms with E-state index < -0.39 is 22.0 Å². The van der Waals surface area contributed by atoms with E-state index in [4.69, 9.17) is 16.3 Å². The van der Waals surface area contributed by atoms with Gasteiger partial charge in [-0.25, -0.2) is 8.42 Å². The Morgan fingerprint density at radius 3 is 2.48 bits per heavy atom. The Morgan fingerprint density at radius 2 is 1.74 bits per heavy atom. The van der Waals surface area contributed by atoms with Gasteiger partial charge in [-0.05, 0) is 42.8 Å². The second kappa shape index (κ2) is 8.61. The number of anilines is 1. The van der Waals surface area contributed by atoms with Gasteiger partial charge in [0.2, 0.25) is 0 Å². The van der Waals surface area contributed by atoms with Crippen LogP contribution in [0.1, 0.15) is 11.1 Å². The standard InChI is InChI=1S/C23H21ClN2O4S/c1-16-10-12-18(13-11-16)31(28,29)26-15-22(30-21-9-5-4-8-20(21)26)23(27)25-14-17-6-2-3-7-19(17)24/h2-13,22H,14-15H2,1H3,(H,25,27). The average molecular weight is 457 g/mol. The van der Waals surface area contributed by atoms with E-state index in [2.05, 4.69) is 5.32 Å². The van der Waals surface area contributed by atoms with Gasteiger partial charge in [0.15, 0.2) is 6.10 Å². The molecule has 4 rings (SSSR count). The molecule has 0 aliphatic carbocycles. The summed E-state index contributed by atoms with van der Waals surface area (Å²) in [6.45, 7) is 1.96. The van der Waals surface area contributed by atoms with E-state index in [0.29, 0.717) is 16.5 Å². The average Bonchev–Trinajstić information content (AvgIpc) is 2.78. The molecule has 160 valence electrons. The van der Waals surface area contributed by atoms with Gasteiger partial charge in [-0.2, -0.15) is 0 Å². The molecule has 0 saturated heterocycles. The number of para-hydroxylation sites is 2. The molecule has 6 nitrogen and oxygen atoms in total. The number of nitrogens with zero attached hydrogens (tertiary/aromatic N) is 1. The number of ether oxygens (including phenoxy) is 1. The van der Waals surface area contributed by atoms with E-state index in [9.17, 15) is 13.2 Å². The number of hydrogen-bond donors (Lipinski definition) is 1. The number of fused-ring (bicyclic) bond motifs is 1. The van der Waals surface area contributed by atoms with Gasteiger partial charge in [0.05, 0.1) is 17.1 Å². The number of nitrogens with one attached hydrogen (secondary N) is 1. The molecule has 1 unspecified atom stereocenters. The Labute approximate surface area is 186 Å². The maximum atomic E-state index is 13.4. The van der Waals surface area contributed by atoms with Gasteiger partial charge in [-0.3, -0.25) is 9.10 Å². The summed E-state index contributed by atoms with van der Waals surface area (Å²) >= 11 is 6.15. The van der Waals surface area contributed by atoms with Crippen LogP contribution in [0.5, 0.6) is 5.75 Å². The zero-order valence-electron chi connectivity index (χ0n) is 16.8. The number of hydrogen-bond acceptors (Lipinski definition) is 4. The highest BCUT2D eigenvalue weighted by molar-refractivity contribution is 7.92. The Hall–Kier alpha value is -3.03. The molecule has 3 aromatic carbocycles. The third kappa shape index (κ3) is 4.38. The van der Waals surface area contributed by atoms with Crippen molar-refractivity contribution in [2.45, 2.75) is 24.5 Å². The number of aryl methyl sites for hydroxylation is 1. The Balaban J connectivity index is 1.60. The van der Waals surface area contributed by atoms with Crippen molar-refractivity contribution in [1.82, 2.24) is 5.32 Å². The van der Waals surface area contributed by atoms with Crippen molar-refractivity contribution in [2.24, 2.45) is 0 Å². The molecule has 1 atom stereocenters. The first-order valence-electron chi connectivity index (χ1n) is 9.72. The normalized spacial score (nSPS) is 15.7. The second-order valence-corrected chi connectivity index (χ2v) is 9.50. The van der Waals surface area contributed by atoms with Gasteiger partial charge in [-0.1, -0.05) is 59.6 Å². The summed E-state index contributed by atoms with van der Waals surface area (Å²) in [5.41, 5.74) is 2.12. The summed E-state index contributed by atoms with van der Waals surface area (Å²) in [7, 11) is -3.88. The van der Waals surface area contributed by atoms with Gasteiger partial charge in [0.1, 0.15) is 5.75 Å². The van der Waals surface area contributed by atoms with Gasteiger partial charge in [0.25, 0.3) is 15.9 Å². The van der Waals surface area contributed by atoms with Gasteiger partial charge < -0.3 is 10.1 Å². The molecule has 0 bridgehead atoms. The van der Waals surface area contributed by atoms with Crippen molar-refractivity contribution in [1.29, 1.82) is 0 Å². The number of carbonyl (C=O) groups is 1. The van der Waals surface area contributed by atoms with Crippen LogP contribution < -0.4 is 14.4 Å². The minimum Gasteiger partial charge on any atom is -0.476 e. The van der Waals surface area contributed by atoms with Crippen LogP contribution in [-0.4, -0.2) is 27.0 Å². The van der Waals surface area contributed by atoms with Crippen LogP contribution in [0, 0.1) is 6.92 Å². The second-order valence-electron chi connectivity index (χ2n) is 7.23. The summed E-state index contributed by atoms with van der Waals surface area (Å²) < 4.78 is 33.8. The highest BCUT2D eigenvalue weighted by atomic mass is 35.5. The van der Waals surface area contributed by atoms with E-state index in [1.165, 1.54) is 4.31 Å². The van der Waals surface area contributed by atoms with Crippen LogP contribution in [0.25, 0.3) is 0 Å². The minimum absolute atomic E-state index is 0.137. The smallest absolute Gasteiger partial charge is 0.264 e. The Kier molecular flexibility index (Phi) is 5.89. The fraction of sp³-hybridized carbons (Fsp3) is 0.174. The molecule has 31 heavy (non-hydrogen) atoms. The lowest BCUT2D eigenvalue weighted by atomic mass is 10.2. The van der Waals surface area contributed by atoms with Crippen LogP contribution in [0.2, 0.25) is 5.02 Å². The first-order valence-corrected chi connectivity index (χ1v) is 11.5. The largest absolute Gasteiger partial charge is 0.476 e. The van der Waals surface area contributed by atoms with Crippen LogP contribution in [0.4, 0.5) is 5.69 Å². The first kappa shape index (κ1) is 21.2. The van der Waals surface area contributed by atoms with Crippen LogP contribution in [-0.2, 0) is 21.4 Å². The molecule has 1 N–H and O–H groups in total. The highest BCUT2D eigenvalue weighted by Gasteiger charge is 2.37. The van der Waals surface area contributed by atoms with Crippen molar-refractivity contribution >= 4 is 33.2 Å². The van der Waals surface area contributed by atoms with Gasteiger partial charge in [0, 0.05) is 11.6 Å². The molecule has 0 spiro atoms. The first-order chi connectivity index (χ1) is 14.9. The maximum absolute atomic E-state index is 13.4. The molecular formula is C23H21ClN2O4S. The van der Waals surface area contributed by atoms with Crippen molar-refractivity contribution in [3.63, 3.8) is 0 Å². The molecular weight excluding hydrogens is 436 g/mol. The molecule has 0 fully saturated rings. The minimum atomic E-state index is -3.88. The zero-order chi connectivity index (χ0) is 22.0. The summed E-state index contributed by atoms with van der Waals surface area (Å²) in [6, 6.07) is 20.6. The number of rotatable bonds is 5. The lowest BCUT2D eigenvalue weighted by Gasteiger charge is -2.34. The van der Waals surface area contributed by atoms with Crippen LogP contribution in [0.3, 0.4) is 0 Å². The molecule has 1 aliphatic heterocycles. The summed E-state index contributed by atoms with van der Waals surface area (Å²) in [5, 5.41) is 3.33. The molecule has 3 aromatic rings. The molecule has 0 radical (unpaired) electrons. The third-order valence-electron chi connectivity index (χ3n) is 5.05. The molecule has 1 heterocycles. The van der Waals surface area contributed by atoms with Crippen molar-refractivity contribution < 1.29 is 17.9 Å². The predicted molar refractivity (Wildman–Crippen MR) is 120 cm³/mol. The van der Waals surface area contributed by atoms with E-state index in [0.717, 1.165) is 11.1 Å². The maximum Gasteiger partial charge on any atom is 0.264 e. The van der Waals surface area contributed by atoms with E-state index in [1.54, 1.807) is 54.6 Å².